The zero-order valence-electron chi connectivity index (χ0n) is 12.8. The van der Waals surface area contributed by atoms with Gasteiger partial charge >= 0.3 is 0 Å². The molecular formula is C17H28N2. The van der Waals surface area contributed by atoms with Gasteiger partial charge in [0.15, 0.2) is 0 Å². The van der Waals surface area contributed by atoms with Gasteiger partial charge in [0.25, 0.3) is 0 Å². The topological polar surface area (TPSA) is 29.3 Å². The van der Waals surface area contributed by atoms with Gasteiger partial charge in [-0.25, -0.2) is 0 Å². The molecule has 2 heteroatoms. The monoisotopic (exact) mass is 260 g/mol. The van der Waals surface area contributed by atoms with E-state index in [2.05, 4.69) is 50.9 Å². The number of nitrogens with two attached hydrogens (primary N) is 1. The number of nitrogens with zero attached hydrogens (tertiary/aromatic N) is 1. The van der Waals surface area contributed by atoms with E-state index < -0.39 is 0 Å². The molecule has 1 aliphatic carbocycles. The van der Waals surface area contributed by atoms with Gasteiger partial charge in [-0.1, -0.05) is 13.0 Å². The summed E-state index contributed by atoms with van der Waals surface area (Å²) in [6, 6.07) is 7.14. The molecule has 0 bridgehead atoms. The van der Waals surface area contributed by atoms with Crippen LogP contribution >= 0.6 is 0 Å². The van der Waals surface area contributed by atoms with Gasteiger partial charge in [0.2, 0.25) is 0 Å². The van der Waals surface area contributed by atoms with Crippen LogP contribution in [0.2, 0.25) is 0 Å². The van der Waals surface area contributed by atoms with Gasteiger partial charge in [-0.05, 0) is 68.2 Å². The molecule has 3 atom stereocenters. The van der Waals surface area contributed by atoms with Gasteiger partial charge in [-0.2, -0.15) is 0 Å². The Balaban J connectivity index is 2.05. The van der Waals surface area contributed by atoms with E-state index in [9.17, 15) is 0 Å². The Hall–Kier alpha value is -1.02. The fraction of sp³-hybridized carbons (Fsp3) is 0.647. The molecule has 2 N–H and O–H groups in total. The molecule has 0 aromatic heterocycles. The molecule has 1 aromatic rings. The highest BCUT2D eigenvalue weighted by Crippen LogP contribution is 2.29. The van der Waals surface area contributed by atoms with E-state index in [1.807, 2.05) is 0 Å². The van der Waals surface area contributed by atoms with Crippen molar-refractivity contribution in [3.05, 3.63) is 29.3 Å². The Morgan fingerprint density at radius 3 is 2.42 bits per heavy atom. The average Bonchev–Trinajstić information content (AvgIpc) is 2.32. The number of hydrogen-bond donors (Lipinski definition) is 1. The lowest BCUT2D eigenvalue weighted by Gasteiger charge is -2.36. The zero-order valence-corrected chi connectivity index (χ0v) is 12.8. The standard InChI is InChI=1S/C17H28N2/c1-12-5-6-17(18)15(8-12)11-19(4)16-9-13(2)7-14(3)10-16/h7,9-10,12,15,17H,5-6,8,11,18H2,1-4H3. The van der Waals surface area contributed by atoms with Crippen molar-refractivity contribution in [1.82, 2.24) is 0 Å². The summed E-state index contributed by atoms with van der Waals surface area (Å²) in [5.41, 5.74) is 10.3. The van der Waals surface area contributed by atoms with Gasteiger partial charge in [0.05, 0.1) is 0 Å². The Morgan fingerprint density at radius 1 is 1.16 bits per heavy atom. The zero-order chi connectivity index (χ0) is 14.0. The summed E-state index contributed by atoms with van der Waals surface area (Å²) in [5, 5.41) is 0. The third-order valence-corrected chi connectivity index (χ3v) is 4.46. The molecule has 0 aliphatic heterocycles. The largest absolute Gasteiger partial charge is 0.374 e. The molecule has 1 aliphatic rings. The third kappa shape index (κ3) is 3.73. The number of anilines is 1. The van der Waals surface area contributed by atoms with Crippen LogP contribution in [0.5, 0.6) is 0 Å². The lowest BCUT2D eigenvalue weighted by molar-refractivity contribution is 0.250. The summed E-state index contributed by atoms with van der Waals surface area (Å²) in [6.45, 7) is 7.77. The van der Waals surface area contributed by atoms with E-state index in [1.54, 1.807) is 0 Å². The molecule has 0 saturated heterocycles. The third-order valence-electron chi connectivity index (χ3n) is 4.46. The fourth-order valence-electron chi connectivity index (χ4n) is 3.36. The summed E-state index contributed by atoms with van der Waals surface area (Å²) in [5.74, 6) is 1.46. The minimum Gasteiger partial charge on any atom is -0.374 e. The van der Waals surface area contributed by atoms with Crippen LogP contribution in [0.25, 0.3) is 0 Å². The van der Waals surface area contributed by atoms with Crippen LogP contribution in [0, 0.1) is 25.7 Å². The van der Waals surface area contributed by atoms with Crippen molar-refractivity contribution in [2.75, 3.05) is 18.5 Å². The molecule has 106 valence electrons. The average molecular weight is 260 g/mol. The van der Waals surface area contributed by atoms with Crippen LogP contribution < -0.4 is 10.6 Å². The number of benzene rings is 1. The number of hydrogen-bond acceptors (Lipinski definition) is 2. The molecule has 0 heterocycles. The summed E-state index contributed by atoms with van der Waals surface area (Å²) in [4.78, 5) is 2.38. The van der Waals surface area contributed by atoms with Crippen molar-refractivity contribution >= 4 is 5.69 Å². The maximum absolute atomic E-state index is 6.30. The second-order valence-corrected chi connectivity index (χ2v) is 6.57. The Morgan fingerprint density at radius 2 is 1.79 bits per heavy atom. The van der Waals surface area contributed by atoms with Crippen molar-refractivity contribution in [1.29, 1.82) is 0 Å². The predicted octanol–water partition coefficient (Wildman–Crippen LogP) is 3.50. The van der Waals surface area contributed by atoms with E-state index >= 15 is 0 Å². The van der Waals surface area contributed by atoms with Crippen LogP contribution in [0.1, 0.15) is 37.3 Å². The summed E-state index contributed by atoms with van der Waals surface area (Å²) in [7, 11) is 2.19. The second-order valence-electron chi connectivity index (χ2n) is 6.57. The summed E-state index contributed by atoms with van der Waals surface area (Å²) in [6.07, 6.45) is 3.76. The highest BCUT2D eigenvalue weighted by Gasteiger charge is 2.26. The van der Waals surface area contributed by atoms with Crippen LogP contribution in [0.15, 0.2) is 18.2 Å². The normalized spacial score (nSPS) is 27.3. The van der Waals surface area contributed by atoms with Crippen LogP contribution in [-0.4, -0.2) is 19.6 Å². The van der Waals surface area contributed by atoms with E-state index in [4.69, 9.17) is 5.73 Å². The van der Waals surface area contributed by atoms with Crippen molar-refractivity contribution in [3.63, 3.8) is 0 Å². The van der Waals surface area contributed by atoms with Gasteiger partial charge in [0, 0.05) is 25.3 Å². The molecule has 1 fully saturated rings. The molecule has 1 aromatic carbocycles. The minimum atomic E-state index is 0.379. The Kier molecular flexibility index (Phi) is 4.51. The van der Waals surface area contributed by atoms with Crippen LogP contribution in [-0.2, 0) is 0 Å². The molecular weight excluding hydrogens is 232 g/mol. The summed E-state index contributed by atoms with van der Waals surface area (Å²) < 4.78 is 0. The highest BCUT2D eigenvalue weighted by atomic mass is 15.1. The first-order valence-electron chi connectivity index (χ1n) is 7.50. The minimum absolute atomic E-state index is 0.379. The Labute approximate surface area is 118 Å². The van der Waals surface area contributed by atoms with Gasteiger partial charge < -0.3 is 10.6 Å². The van der Waals surface area contributed by atoms with Crippen molar-refractivity contribution in [3.8, 4) is 0 Å². The van der Waals surface area contributed by atoms with Gasteiger partial charge in [-0.3, -0.25) is 0 Å². The molecule has 3 unspecified atom stereocenters. The Bertz CT molecular complexity index is 407. The maximum Gasteiger partial charge on any atom is 0.0369 e. The highest BCUT2D eigenvalue weighted by molar-refractivity contribution is 5.50. The van der Waals surface area contributed by atoms with E-state index in [0.717, 1.165) is 12.5 Å². The first-order chi connectivity index (χ1) is 8.95. The molecule has 0 spiro atoms. The van der Waals surface area contributed by atoms with Crippen LogP contribution in [0.4, 0.5) is 5.69 Å². The lowest BCUT2D eigenvalue weighted by atomic mass is 9.79. The molecule has 2 rings (SSSR count). The predicted molar refractivity (Wildman–Crippen MR) is 83.7 cm³/mol. The molecule has 0 radical (unpaired) electrons. The maximum atomic E-state index is 6.30. The SMILES string of the molecule is Cc1cc(C)cc(N(C)CC2CC(C)CCC2N)c1. The molecule has 0 amide bonds. The van der Waals surface area contributed by atoms with E-state index in [1.165, 1.54) is 36.1 Å². The smallest absolute Gasteiger partial charge is 0.0369 e. The second kappa shape index (κ2) is 5.96. The summed E-state index contributed by atoms with van der Waals surface area (Å²) >= 11 is 0. The fourth-order valence-corrected chi connectivity index (χ4v) is 3.36. The van der Waals surface area contributed by atoms with Crippen molar-refractivity contribution in [2.24, 2.45) is 17.6 Å². The van der Waals surface area contributed by atoms with E-state index in [-0.39, 0.29) is 0 Å². The van der Waals surface area contributed by atoms with Crippen molar-refractivity contribution < 1.29 is 0 Å². The first-order valence-corrected chi connectivity index (χ1v) is 7.50. The van der Waals surface area contributed by atoms with Crippen LogP contribution in [0.3, 0.4) is 0 Å². The first kappa shape index (κ1) is 14.4. The quantitative estimate of drug-likeness (QED) is 0.901. The van der Waals surface area contributed by atoms with Gasteiger partial charge in [-0.15, -0.1) is 0 Å². The van der Waals surface area contributed by atoms with E-state index in [0.29, 0.717) is 12.0 Å². The van der Waals surface area contributed by atoms with Gasteiger partial charge in [0.1, 0.15) is 0 Å². The molecule has 19 heavy (non-hydrogen) atoms. The number of rotatable bonds is 3. The molecule has 1 saturated carbocycles. The molecule has 2 nitrogen and oxygen atoms in total. The lowest BCUT2D eigenvalue weighted by Crippen LogP contribution is -2.41. The number of aryl methyl sites for hydroxylation is 2. The van der Waals surface area contributed by atoms with Crippen molar-refractivity contribution in [2.45, 2.75) is 46.1 Å².